The maximum atomic E-state index is 6.02. The zero-order valence-corrected chi connectivity index (χ0v) is 10.1. The van der Waals surface area contributed by atoms with Gasteiger partial charge < -0.3 is 5.32 Å². The Morgan fingerprint density at radius 1 is 1.40 bits per heavy atom. The molecule has 0 aliphatic carbocycles. The van der Waals surface area contributed by atoms with E-state index < -0.39 is 0 Å². The lowest BCUT2D eigenvalue weighted by molar-refractivity contribution is 0.303. The average Bonchev–Trinajstić information content (AvgIpc) is 2.28. The molecule has 1 nitrogen and oxygen atoms in total. The van der Waals surface area contributed by atoms with Crippen molar-refractivity contribution in [1.82, 2.24) is 5.32 Å². The normalized spacial score (nSPS) is 29.4. The van der Waals surface area contributed by atoms with Gasteiger partial charge in [0.05, 0.1) is 0 Å². The molecule has 0 spiro atoms. The molecule has 1 saturated heterocycles. The molecule has 3 rings (SSSR count). The Morgan fingerprint density at radius 2 is 2.33 bits per heavy atom. The standard InChI is InChI=1S/C12H14ClNS/c13-9-3-4-10-11(6-9)15-7-8-2-1-5-14-12(8)10/h3-4,6,8,12,14H,1-2,5,7H2. The van der Waals surface area contributed by atoms with Gasteiger partial charge in [-0.3, -0.25) is 0 Å². The Bertz CT molecular complexity index is 380. The Kier molecular flexibility index (Phi) is 2.67. The van der Waals surface area contributed by atoms with Crippen LogP contribution >= 0.6 is 23.4 Å². The summed E-state index contributed by atoms with van der Waals surface area (Å²) in [5.41, 5.74) is 1.46. The highest BCUT2D eigenvalue weighted by Gasteiger charge is 2.31. The topological polar surface area (TPSA) is 12.0 Å². The SMILES string of the molecule is Clc1ccc2c(c1)SCC1CCCNC21. The molecule has 2 atom stereocenters. The van der Waals surface area contributed by atoms with Gasteiger partial charge in [0.2, 0.25) is 0 Å². The molecular weight excluding hydrogens is 226 g/mol. The summed E-state index contributed by atoms with van der Waals surface area (Å²) in [6, 6.07) is 6.89. The third-order valence-electron chi connectivity index (χ3n) is 3.35. The summed E-state index contributed by atoms with van der Waals surface area (Å²) in [6.07, 6.45) is 2.69. The molecule has 1 aromatic carbocycles. The maximum Gasteiger partial charge on any atom is 0.0417 e. The predicted molar refractivity (Wildman–Crippen MR) is 65.6 cm³/mol. The minimum absolute atomic E-state index is 0.576. The first-order valence-corrected chi connectivity index (χ1v) is 6.86. The van der Waals surface area contributed by atoms with Crippen molar-refractivity contribution in [3.05, 3.63) is 28.8 Å². The van der Waals surface area contributed by atoms with Crippen LogP contribution in [-0.2, 0) is 0 Å². The van der Waals surface area contributed by atoms with Gasteiger partial charge >= 0.3 is 0 Å². The fraction of sp³-hybridized carbons (Fsp3) is 0.500. The summed E-state index contributed by atoms with van der Waals surface area (Å²) in [7, 11) is 0. The van der Waals surface area contributed by atoms with Gasteiger partial charge in [-0.1, -0.05) is 17.7 Å². The fourth-order valence-electron chi connectivity index (χ4n) is 2.59. The molecule has 0 aromatic heterocycles. The largest absolute Gasteiger partial charge is 0.310 e. The summed E-state index contributed by atoms with van der Waals surface area (Å²) in [6.45, 7) is 1.16. The quantitative estimate of drug-likeness (QED) is 0.744. The molecule has 2 aliphatic heterocycles. The third-order valence-corrected chi connectivity index (χ3v) is 4.85. The van der Waals surface area contributed by atoms with Crippen LogP contribution in [-0.4, -0.2) is 12.3 Å². The van der Waals surface area contributed by atoms with Crippen LogP contribution in [0.3, 0.4) is 0 Å². The maximum absolute atomic E-state index is 6.02. The molecule has 1 fully saturated rings. The number of piperidine rings is 1. The van der Waals surface area contributed by atoms with E-state index in [4.69, 9.17) is 11.6 Å². The molecule has 2 unspecified atom stereocenters. The van der Waals surface area contributed by atoms with Crippen LogP contribution in [0.4, 0.5) is 0 Å². The third kappa shape index (κ3) is 1.79. The first-order chi connectivity index (χ1) is 7.34. The lowest BCUT2D eigenvalue weighted by atomic mass is 9.87. The summed E-state index contributed by atoms with van der Waals surface area (Å²) < 4.78 is 0. The molecular formula is C12H14ClNS. The van der Waals surface area contributed by atoms with E-state index in [2.05, 4.69) is 17.4 Å². The van der Waals surface area contributed by atoms with E-state index in [9.17, 15) is 0 Å². The number of nitrogens with one attached hydrogen (secondary N) is 1. The second-order valence-electron chi connectivity index (χ2n) is 4.33. The lowest BCUT2D eigenvalue weighted by Gasteiger charge is -2.37. The van der Waals surface area contributed by atoms with Crippen LogP contribution in [0.1, 0.15) is 24.4 Å². The zero-order valence-electron chi connectivity index (χ0n) is 8.50. The molecule has 0 bridgehead atoms. The van der Waals surface area contributed by atoms with E-state index in [1.54, 1.807) is 0 Å². The van der Waals surface area contributed by atoms with E-state index >= 15 is 0 Å². The summed E-state index contributed by atoms with van der Waals surface area (Å²) in [5, 5.41) is 4.50. The van der Waals surface area contributed by atoms with E-state index in [0.29, 0.717) is 6.04 Å². The van der Waals surface area contributed by atoms with Crippen LogP contribution in [0, 0.1) is 5.92 Å². The molecule has 15 heavy (non-hydrogen) atoms. The number of thioether (sulfide) groups is 1. The Labute approximate surface area is 99.6 Å². The van der Waals surface area contributed by atoms with Gasteiger partial charge in [0, 0.05) is 21.7 Å². The van der Waals surface area contributed by atoms with Gasteiger partial charge in [-0.2, -0.15) is 0 Å². The highest BCUT2D eigenvalue weighted by Crippen LogP contribution is 2.43. The van der Waals surface area contributed by atoms with Gasteiger partial charge in [-0.25, -0.2) is 0 Å². The zero-order chi connectivity index (χ0) is 10.3. The molecule has 1 N–H and O–H groups in total. The van der Waals surface area contributed by atoms with Crippen LogP contribution in [0.5, 0.6) is 0 Å². The first-order valence-electron chi connectivity index (χ1n) is 5.50. The highest BCUT2D eigenvalue weighted by atomic mass is 35.5. The number of fused-ring (bicyclic) bond motifs is 3. The average molecular weight is 240 g/mol. The van der Waals surface area contributed by atoms with Gasteiger partial charge in [0.15, 0.2) is 0 Å². The molecule has 80 valence electrons. The number of hydrogen-bond donors (Lipinski definition) is 1. The highest BCUT2D eigenvalue weighted by molar-refractivity contribution is 7.99. The Balaban J connectivity index is 1.99. The molecule has 2 aliphatic rings. The molecule has 2 heterocycles. The number of rotatable bonds is 0. The number of halogens is 1. The fourth-order valence-corrected chi connectivity index (χ4v) is 4.15. The minimum atomic E-state index is 0.576. The van der Waals surface area contributed by atoms with Gasteiger partial charge in [0.1, 0.15) is 0 Å². The molecule has 1 aromatic rings. The van der Waals surface area contributed by atoms with Crippen molar-refractivity contribution < 1.29 is 0 Å². The summed E-state index contributed by atoms with van der Waals surface area (Å²) >= 11 is 7.98. The number of benzene rings is 1. The van der Waals surface area contributed by atoms with E-state index in [1.807, 2.05) is 17.8 Å². The van der Waals surface area contributed by atoms with Gasteiger partial charge in [-0.05, 0) is 43.0 Å². The van der Waals surface area contributed by atoms with E-state index in [0.717, 1.165) is 17.5 Å². The van der Waals surface area contributed by atoms with Crippen LogP contribution in [0.15, 0.2) is 23.1 Å². The monoisotopic (exact) mass is 239 g/mol. The smallest absolute Gasteiger partial charge is 0.0417 e. The van der Waals surface area contributed by atoms with E-state index in [1.165, 1.54) is 29.1 Å². The summed E-state index contributed by atoms with van der Waals surface area (Å²) in [5.74, 6) is 2.06. The second kappa shape index (κ2) is 4.00. The van der Waals surface area contributed by atoms with E-state index in [-0.39, 0.29) is 0 Å². The molecule has 0 radical (unpaired) electrons. The van der Waals surface area contributed by atoms with Crippen LogP contribution < -0.4 is 5.32 Å². The van der Waals surface area contributed by atoms with Gasteiger partial charge in [0.25, 0.3) is 0 Å². The minimum Gasteiger partial charge on any atom is -0.310 e. The van der Waals surface area contributed by atoms with Crippen molar-refractivity contribution in [1.29, 1.82) is 0 Å². The number of hydrogen-bond acceptors (Lipinski definition) is 2. The summed E-state index contributed by atoms with van der Waals surface area (Å²) in [4.78, 5) is 1.37. The predicted octanol–water partition coefficient (Wildman–Crippen LogP) is 3.49. The van der Waals surface area contributed by atoms with Crippen molar-refractivity contribution in [2.24, 2.45) is 5.92 Å². The lowest BCUT2D eigenvalue weighted by Crippen LogP contribution is -2.37. The van der Waals surface area contributed by atoms with Crippen LogP contribution in [0.2, 0.25) is 5.02 Å². The Hall–Kier alpha value is -0.180. The van der Waals surface area contributed by atoms with Crippen molar-refractivity contribution >= 4 is 23.4 Å². The van der Waals surface area contributed by atoms with Gasteiger partial charge in [-0.15, -0.1) is 11.8 Å². The molecule has 3 heteroatoms. The first kappa shape index (κ1) is 10.0. The van der Waals surface area contributed by atoms with Crippen molar-refractivity contribution in [2.45, 2.75) is 23.8 Å². The second-order valence-corrected chi connectivity index (χ2v) is 5.83. The molecule has 0 saturated carbocycles. The van der Waals surface area contributed by atoms with Crippen molar-refractivity contribution in [2.75, 3.05) is 12.3 Å². The van der Waals surface area contributed by atoms with Crippen molar-refractivity contribution in [3.63, 3.8) is 0 Å². The van der Waals surface area contributed by atoms with Crippen molar-refractivity contribution in [3.8, 4) is 0 Å². The van der Waals surface area contributed by atoms with Crippen LogP contribution in [0.25, 0.3) is 0 Å². The molecule has 0 amide bonds. The Morgan fingerprint density at radius 3 is 3.27 bits per heavy atom.